The Kier molecular flexibility index (Phi) is 8.33. The number of carbonyl (C=O) groups excluding carboxylic acids is 3. The van der Waals surface area contributed by atoms with Gasteiger partial charge in [-0.05, 0) is 45.9 Å². The highest BCUT2D eigenvalue weighted by atomic mass is 127. The average Bonchev–Trinajstić information content (AvgIpc) is 3.46. The van der Waals surface area contributed by atoms with Crippen LogP contribution in [0.15, 0.2) is 60.8 Å². The van der Waals surface area contributed by atoms with Crippen LogP contribution in [0, 0.1) is 3.57 Å². The second kappa shape index (κ2) is 11.6. The molecule has 11 heteroatoms. The molecular weight excluding hydrogens is 577 g/mol. The normalized spacial score (nSPS) is 17.1. The van der Waals surface area contributed by atoms with Crippen molar-refractivity contribution in [2.24, 2.45) is 0 Å². The van der Waals surface area contributed by atoms with E-state index in [4.69, 9.17) is 9.94 Å². The van der Waals surface area contributed by atoms with Crippen molar-refractivity contribution in [3.05, 3.63) is 75.8 Å². The zero-order valence-corrected chi connectivity index (χ0v) is 21.6. The minimum absolute atomic E-state index is 0.0824. The van der Waals surface area contributed by atoms with Gasteiger partial charge in [0, 0.05) is 9.49 Å². The van der Waals surface area contributed by atoms with Gasteiger partial charge in [-0.3, -0.25) is 19.3 Å². The molecule has 1 fully saturated rings. The summed E-state index contributed by atoms with van der Waals surface area (Å²) in [4.78, 5) is 52.4. The van der Waals surface area contributed by atoms with Gasteiger partial charge in [0.05, 0.1) is 31.5 Å². The number of aliphatic hydroxyl groups excluding tert-OH is 1. The van der Waals surface area contributed by atoms with E-state index in [1.165, 1.54) is 0 Å². The molecule has 0 saturated carbocycles. The molecule has 1 aliphatic rings. The van der Waals surface area contributed by atoms with Crippen LogP contribution in [0.4, 0.5) is 4.79 Å². The number of amides is 4. The van der Waals surface area contributed by atoms with Crippen LogP contribution in [0.2, 0.25) is 0 Å². The van der Waals surface area contributed by atoms with Gasteiger partial charge in [-0.25, -0.2) is 15.3 Å². The average molecular weight is 603 g/mol. The molecule has 1 aliphatic heterocycles. The van der Waals surface area contributed by atoms with Gasteiger partial charge in [-0.2, -0.15) is 0 Å². The van der Waals surface area contributed by atoms with Crippen molar-refractivity contribution in [1.82, 2.24) is 25.7 Å². The lowest BCUT2D eigenvalue weighted by Crippen LogP contribution is -2.39. The summed E-state index contributed by atoms with van der Waals surface area (Å²) >= 11 is 2.23. The molecule has 0 spiro atoms. The number of carbonyl (C=O) groups is 3. The van der Waals surface area contributed by atoms with Crippen molar-refractivity contribution < 1.29 is 24.3 Å². The van der Waals surface area contributed by atoms with Crippen LogP contribution in [-0.2, 0) is 14.4 Å². The van der Waals surface area contributed by atoms with Crippen LogP contribution in [0.25, 0.3) is 11.3 Å². The number of nitrogens with one attached hydrogen (secondary N) is 3. The van der Waals surface area contributed by atoms with E-state index >= 15 is 0 Å². The van der Waals surface area contributed by atoms with Gasteiger partial charge < -0.3 is 15.4 Å². The monoisotopic (exact) mass is 603 g/mol. The van der Waals surface area contributed by atoms with E-state index in [9.17, 15) is 14.4 Å². The first-order valence-electron chi connectivity index (χ1n) is 11.4. The summed E-state index contributed by atoms with van der Waals surface area (Å²) in [6.07, 6.45) is 1.38. The number of benzene rings is 2. The number of imidazole rings is 1. The van der Waals surface area contributed by atoms with Crippen LogP contribution < -0.4 is 10.8 Å². The van der Waals surface area contributed by atoms with Gasteiger partial charge in [0.15, 0.2) is 0 Å². The summed E-state index contributed by atoms with van der Waals surface area (Å²) in [5, 5.41) is 11.4. The molecule has 2 heterocycles. The highest BCUT2D eigenvalue weighted by Gasteiger charge is 2.46. The maximum Gasteiger partial charge on any atom is 0.325 e. The Hall–Kier alpha value is -3.29. The number of H-pyrrole nitrogens is 1. The van der Waals surface area contributed by atoms with Gasteiger partial charge in [-0.1, -0.05) is 49.4 Å². The molecule has 0 unspecified atom stereocenters. The zero-order valence-electron chi connectivity index (χ0n) is 19.5. The quantitative estimate of drug-likeness (QED) is 0.122. The molecule has 1 saturated heterocycles. The molecule has 188 valence electrons. The fourth-order valence-corrected chi connectivity index (χ4v) is 4.50. The molecule has 3 atom stereocenters. The lowest BCUT2D eigenvalue weighted by atomic mass is 9.91. The van der Waals surface area contributed by atoms with E-state index in [-0.39, 0.29) is 25.6 Å². The minimum Gasteiger partial charge on any atom is -0.394 e. The summed E-state index contributed by atoms with van der Waals surface area (Å²) in [7, 11) is 0. The first kappa shape index (κ1) is 25.8. The first-order valence-corrected chi connectivity index (χ1v) is 12.5. The highest BCUT2D eigenvalue weighted by Crippen LogP contribution is 2.37. The van der Waals surface area contributed by atoms with Gasteiger partial charge in [0.1, 0.15) is 17.9 Å². The van der Waals surface area contributed by atoms with Crippen molar-refractivity contribution in [2.45, 2.75) is 31.3 Å². The predicted octanol–water partition coefficient (Wildman–Crippen LogP) is 2.88. The van der Waals surface area contributed by atoms with Gasteiger partial charge in [0.25, 0.3) is 5.91 Å². The van der Waals surface area contributed by atoms with Gasteiger partial charge >= 0.3 is 6.03 Å². The lowest BCUT2D eigenvalue weighted by molar-refractivity contribution is -0.138. The zero-order chi connectivity index (χ0) is 25.7. The van der Waals surface area contributed by atoms with Crippen molar-refractivity contribution in [3.8, 4) is 11.3 Å². The molecule has 4 N–H and O–H groups in total. The Balaban J connectivity index is 1.63. The first-order chi connectivity index (χ1) is 17.4. The third kappa shape index (κ3) is 5.74. The summed E-state index contributed by atoms with van der Waals surface area (Å²) in [6, 6.07) is 15.1. The third-order valence-corrected chi connectivity index (χ3v) is 6.65. The molecule has 4 rings (SSSR count). The summed E-state index contributed by atoms with van der Waals surface area (Å²) < 4.78 is 1.10. The molecule has 4 amide bonds. The Bertz CT molecular complexity index is 1220. The maximum absolute atomic E-state index is 13.4. The van der Waals surface area contributed by atoms with Crippen molar-refractivity contribution in [1.29, 1.82) is 0 Å². The summed E-state index contributed by atoms with van der Waals surface area (Å²) in [5.41, 5.74) is 4.77. The SMILES string of the molecule is C[C@@H](c1ccccc1)[C@@H](c1ncc(-c2ccc(I)cc2)[nH]1)N1C(=O)N[C@H](CC(=O)NOCCO)C1=O. The molecule has 3 aromatic rings. The number of halogens is 1. The number of hydrogen-bond donors (Lipinski definition) is 4. The predicted molar refractivity (Wildman–Crippen MR) is 139 cm³/mol. The number of hydroxylamine groups is 1. The number of nitrogens with zero attached hydrogens (tertiary/aromatic N) is 2. The number of imide groups is 1. The van der Waals surface area contributed by atoms with E-state index in [1.54, 1.807) is 6.20 Å². The Morgan fingerprint density at radius 2 is 1.92 bits per heavy atom. The number of aliphatic hydroxyl groups is 1. The van der Waals surface area contributed by atoms with E-state index in [1.807, 2.05) is 61.5 Å². The number of aromatic amines is 1. The van der Waals surface area contributed by atoms with Gasteiger partial charge in [0.2, 0.25) is 5.91 Å². The van der Waals surface area contributed by atoms with Crippen LogP contribution in [-0.4, -0.2) is 57.1 Å². The number of rotatable bonds is 10. The second-order valence-corrected chi connectivity index (χ2v) is 9.59. The van der Waals surface area contributed by atoms with Crippen molar-refractivity contribution in [3.63, 3.8) is 0 Å². The fourth-order valence-electron chi connectivity index (χ4n) is 4.14. The van der Waals surface area contributed by atoms with E-state index in [0.717, 1.165) is 25.3 Å². The van der Waals surface area contributed by atoms with Crippen LogP contribution in [0.1, 0.15) is 36.7 Å². The largest absolute Gasteiger partial charge is 0.394 e. The van der Waals surface area contributed by atoms with Crippen LogP contribution >= 0.6 is 22.6 Å². The Morgan fingerprint density at radius 3 is 2.61 bits per heavy atom. The number of urea groups is 1. The summed E-state index contributed by atoms with van der Waals surface area (Å²) in [6.45, 7) is 1.58. The molecular formula is C25H26IN5O5. The topological polar surface area (TPSA) is 137 Å². The lowest BCUT2D eigenvalue weighted by Gasteiger charge is -2.29. The van der Waals surface area contributed by atoms with Crippen LogP contribution in [0.3, 0.4) is 0 Å². The minimum atomic E-state index is -1.05. The van der Waals surface area contributed by atoms with Crippen molar-refractivity contribution in [2.75, 3.05) is 13.2 Å². The Morgan fingerprint density at radius 1 is 1.19 bits per heavy atom. The second-order valence-electron chi connectivity index (χ2n) is 8.34. The van der Waals surface area contributed by atoms with E-state index < -0.39 is 29.9 Å². The number of hydrogen-bond acceptors (Lipinski definition) is 6. The molecule has 2 aromatic carbocycles. The molecule has 10 nitrogen and oxygen atoms in total. The maximum atomic E-state index is 13.4. The Labute approximate surface area is 221 Å². The smallest absolute Gasteiger partial charge is 0.325 e. The van der Waals surface area contributed by atoms with Crippen molar-refractivity contribution >= 4 is 40.4 Å². The summed E-state index contributed by atoms with van der Waals surface area (Å²) in [5.74, 6) is -0.954. The molecule has 0 radical (unpaired) electrons. The third-order valence-electron chi connectivity index (χ3n) is 5.93. The molecule has 0 aliphatic carbocycles. The highest BCUT2D eigenvalue weighted by molar-refractivity contribution is 14.1. The van der Waals surface area contributed by atoms with E-state index in [2.05, 4.69) is 43.4 Å². The molecule has 1 aromatic heterocycles. The van der Waals surface area contributed by atoms with Gasteiger partial charge in [-0.15, -0.1) is 0 Å². The molecule has 0 bridgehead atoms. The van der Waals surface area contributed by atoms with Crippen LogP contribution in [0.5, 0.6) is 0 Å². The molecule has 36 heavy (non-hydrogen) atoms. The number of aromatic nitrogens is 2. The standard InChI is InChI=1S/C25H26IN5O5/c1-15(16-5-3-2-4-6-16)22(23-27-14-20(28-23)17-7-9-18(26)10-8-17)31-24(34)19(29-25(31)35)13-21(33)30-36-12-11-32/h2-10,14-15,19,22,32H,11-13H2,1H3,(H,27,28)(H,29,35)(H,30,33)/t15-,19+,22-/m0/s1. The van der Waals surface area contributed by atoms with E-state index in [0.29, 0.717) is 5.82 Å². The fraction of sp³-hybridized carbons (Fsp3) is 0.280.